The number of fused-ring (bicyclic) bond motifs is 1. The van der Waals surface area contributed by atoms with Crippen LogP contribution in [0.3, 0.4) is 0 Å². The summed E-state index contributed by atoms with van der Waals surface area (Å²) >= 11 is 0. The van der Waals surface area contributed by atoms with Gasteiger partial charge in [-0.3, -0.25) is 4.98 Å². The SMILES string of the molecule is Cc1cc(C)cc(NCc2ccc3nc(NC4CCN(CCCS(N)(=O)=O)CC4)n(Cc4nc(C)ccc4O)c3c2)c1. The highest BCUT2D eigenvalue weighted by atomic mass is 32.2. The lowest BCUT2D eigenvalue weighted by Gasteiger charge is -2.32. The number of sulfonamides is 1. The molecule has 0 unspecified atom stereocenters. The quantitative estimate of drug-likeness (QED) is 0.203. The van der Waals surface area contributed by atoms with Crippen molar-refractivity contribution in [3.63, 3.8) is 0 Å². The van der Waals surface area contributed by atoms with Gasteiger partial charge in [-0.05, 0) is 99.7 Å². The zero-order chi connectivity index (χ0) is 29.9. The number of benzene rings is 2. The number of nitrogens with one attached hydrogen (secondary N) is 2. The molecule has 0 amide bonds. The Balaban J connectivity index is 1.35. The van der Waals surface area contributed by atoms with Crippen molar-refractivity contribution < 1.29 is 13.5 Å². The minimum atomic E-state index is -3.43. The fourth-order valence-electron chi connectivity index (χ4n) is 5.67. The van der Waals surface area contributed by atoms with Crippen molar-refractivity contribution in [2.45, 2.75) is 59.2 Å². The first-order chi connectivity index (χ1) is 20.0. The summed E-state index contributed by atoms with van der Waals surface area (Å²) in [4.78, 5) is 11.9. The molecule has 2 aromatic heterocycles. The standard InChI is InChI=1S/C31H41N7O3S/c1-21-15-22(2)17-26(16-21)33-19-24-6-7-27-29(18-24)38(20-28-30(39)8-5-23(3)34-28)31(36-27)35-25-9-12-37(13-10-25)11-4-14-42(32,40)41/h5-8,15-18,25,33,39H,4,9-14,19-20H2,1-3H3,(H,35,36)(H2,32,40,41). The van der Waals surface area contributed by atoms with Crippen LogP contribution in [0.1, 0.15) is 47.3 Å². The predicted octanol–water partition coefficient (Wildman–Crippen LogP) is 4.28. The van der Waals surface area contributed by atoms with Crippen LogP contribution in [-0.4, -0.2) is 64.4 Å². The molecule has 0 radical (unpaired) electrons. The number of likely N-dealkylation sites (tertiary alicyclic amines) is 1. The molecule has 1 aliphatic heterocycles. The third kappa shape index (κ3) is 7.78. The van der Waals surface area contributed by atoms with Crippen molar-refractivity contribution in [3.05, 3.63) is 76.6 Å². The van der Waals surface area contributed by atoms with Crippen LogP contribution in [0.15, 0.2) is 48.5 Å². The molecule has 1 aliphatic rings. The van der Waals surface area contributed by atoms with Gasteiger partial charge in [0.15, 0.2) is 0 Å². The topological polar surface area (TPSA) is 138 Å². The second kappa shape index (κ2) is 12.7. The number of pyridine rings is 1. The molecule has 0 aliphatic carbocycles. The Morgan fingerprint density at radius 1 is 1.00 bits per heavy atom. The lowest BCUT2D eigenvalue weighted by atomic mass is 10.1. The van der Waals surface area contributed by atoms with Gasteiger partial charge in [-0.1, -0.05) is 12.1 Å². The van der Waals surface area contributed by atoms with E-state index < -0.39 is 10.0 Å². The molecule has 224 valence electrons. The number of aryl methyl sites for hydroxylation is 3. The number of rotatable bonds is 11. The van der Waals surface area contributed by atoms with E-state index in [1.807, 2.05) is 13.0 Å². The number of aromatic hydroxyl groups is 1. The van der Waals surface area contributed by atoms with Crippen LogP contribution in [0.4, 0.5) is 11.6 Å². The van der Waals surface area contributed by atoms with Gasteiger partial charge in [0.05, 0.1) is 23.3 Å². The number of nitrogens with two attached hydrogens (primary N) is 1. The van der Waals surface area contributed by atoms with Gasteiger partial charge >= 0.3 is 0 Å². The van der Waals surface area contributed by atoms with Crippen molar-refractivity contribution >= 4 is 32.7 Å². The van der Waals surface area contributed by atoms with Crippen LogP contribution in [-0.2, 0) is 23.1 Å². The Labute approximate surface area is 248 Å². The van der Waals surface area contributed by atoms with Gasteiger partial charge in [0.1, 0.15) is 11.4 Å². The number of nitrogens with zero attached hydrogens (tertiary/aromatic N) is 4. The molecule has 4 aromatic rings. The Morgan fingerprint density at radius 2 is 1.74 bits per heavy atom. The molecule has 2 aromatic carbocycles. The van der Waals surface area contributed by atoms with Crippen LogP contribution in [0.2, 0.25) is 0 Å². The van der Waals surface area contributed by atoms with Crippen LogP contribution < -0.4 is 15.8 Å². The summed E-state index contributed by atoms with van der Waals surface area (Å²) in [7, 11) is -3.43. The number of hydrogen-bond donors (Lipinski definition) is 4. The van der Waals surface area contributed by atoms with E-state index in [1.165, 1.54) is 11.1 Å². The normalized spacial score (nSPS) is 14.9. The smallest absolute Gasteiger partial charge is 0.209 e. The Bertz CT molecular complexity index is 1640. The van der Waals surface area contributed by atoms with Crippen molar-refractivity contribution in [2.75, 3.05) is 36.0 Å². The van der Waals surface area contributed by atoms with E-state index in [4.69, 9.17) is 10.1 Å². The molecular weight excluding hydrogens is 550 g/mol. The Morgan fingerprint density at radius 3 is 2.45 bits per heavy atom. The van der Waals surface area contributed by atoms with Gasteiger partial charge in [0.2, 0.25) is 16.0 Å². The zero-order valence-electron chi connectivity index (χ0n) is 24.6. The molecule has 5 N–H and O–H groups in total. The summed E-state index contributed by atoms with van der Waals surface area (Å²) in [6, 6.07) is 16.5. The van der Waals surface area contributed by atoms with Crippen LogP contribution in [0.5, 0.6) is 5.75 Å². The van der Waals surface area contributed by atoms with Crippen molar-refractivity contribution in [1.82, 2.24) is 19.4 Å². The van der Waals surface area contributed by atoms with E-state index in [9.17, 15) is 13.5 Å². The monoisotopic (exact) mass is 591 g/mol. The van der Waals surface area contributed by atoms with Crippen molar-refractivity contribution in [1.29, 1.82) is 0 Å². The summed E-state index contributed by atoms with van der Waals surface area (Å²) < 4.78 is 24.6. The first-order valence-corrected chi connectivity index (χ1v) is 16.2. The van der Waals surface area contributed by atoms with Crippen LogP contribution in [0, 0.1) is 20.8 Å². The summed E-state index contributed by atoms with van der Waals surface area (Å²) in [5.74, 6) is 0.922. The molecule has 0 saturated carbocycles. The van der Waals surface area contributed by atoms with E-state index in [-0.39, 0.29) is 17.5 Å². The fraction of sp³-hybridized carbons (Fsp3) is 0.419. The lowest BCUT2D eigenvalue weighted by Crippen LogP contribution is -2.40. The lowest BCUT2D eigenvalue weighted by molar-refractivity contribution is 0.219. The van der Waals surface area contributed by atoms with Crippen molar-refractivity contribution in [2.24, 2.45) is 5.14 Å². The van der Waals surface area contributed by atoms with Crippen molar-refractivity contribution in [3.8, 4) is 5.75 Å². The second-order valence-electron chi connectivity index (χ2n) is 11.5. The number of hydrogen-bond acceptors (Lipinski definition) is 8. The average molecular weight is 592 g/mol. The fourth-order valence-corrected chi connectivity index (χ4v) is 6.20. The number of primary sulfonamides is 1. The molecule has 1 fully saturated rings. The number of imidazole rings is 1. The maximum absolute atomic E-state index is 11.3. The summed E-state index contributed by atoms with van der Waals surface area (Å²) in [6.45, 7) is 9.64. The summed E-state index contributed by atoms with van der Waals surface area (Å²) in [5, 5.41) is 23.0. The molecule has 1 saturated heterocycles. The molecule has 42 heavy (non-hydrogen) atoms. The van der Waals surface area contributed by atoms with E-state index in [0.29, 0.717) is 25.2 Å². The van der Waals surface area contributed by atoms with Crippen LogP contribution in [0.25, 0.3) is 11.0 Å². The molecule has 11 heteroatoms. The molecule has 0 spiro atoms. The minimum Gasteiger partial charge on any atom is -0.506 e. The summed E-state index contributed by atoms with van der Waals surface area (Å²) in [6.07, 6.45) is 2.37. The number of aromatic nitrogens is 3. The Kier molecular flexibility index (Phi) is 9.00. The molecule has 0 atom stereocenters. The number of anilines is 2. The molecule has 5 rings (SSSR count). The van der Waals surface area contributed by atoms with Gasteiger partial charge in [-0.2, -0.15) is 0 Å². The predicted molar refractivity (Wildman–Crippen MR) is 168 cm³/mol. The van der Waals surface area contributed by atoms with Gasteiger partial charge in [0.25, 0.3) is 0 Å². The summed E-state index contributed by atoms with van der Waals surface area (Å²) in [5.41, 5.74) is 7.95. The largest absolute Gasteiger partial charge is 0.506 e. The van der Waals surface area contributed by atoms with Crippen LogP contribution >= 0.6 is 0 Å². The highest BCUT2D eigenvalue weighted by Gasteiger charge is 2.22. The average Bonchev–Trinajstić information content (AvgIpc) is 3.25. The third-order valence-corrected chi connectivity index (χ3v) is 8.61. The van der Waals surface area contributed by atoms with E-state index >= 15 is 0 Å². The van der Waals surface area contributed by atoms with Gasteiger partial charge in [-0.15, -0.1) is 0 Å². The van der Waals surface area contributed by atoms with E-state index in [1.54, 1.807) is 12.1 Å². The highest BCUT2D eigenvalue weighted by Crippen LogP contribution is 2.27. The van der Waals surface area contributed by atoms with Gasteiger partial charge < -0.3 is 25.2 Å². The molecule has 10 nitrogen and oxygen atoms in total. The maximum Gasteiger partial charge on any atom is 0.209 e. The minimum absolute atomic E-state index is 0.0111. The Hall–Kier alpha value is -3.67. The zero-order valence-corrected chi connectivity index (χ0v) is 25.4. The molecule has 3 heterocycles. The molecule has 0 bridgehead atoms. The first-order valence-electron chi connectivity index (χ1n) is 14.5. The van der Waals surface area contributed by atoms with Gasteiger partial charge in [-0.25, -0.2) is 18.5 Å². The first kappa shape index (κ1) is 29.8. The maximum atomic E-state index is 11.3. The molecular formula is C31H41N7O3S. The van der Waals surface area contributed by atoms with Gasteiger partial charge in [0, 0.05) is 37.1 Å². The van der Waals surface area contributed by atoms with E-state index in [0.717, 1.165) is 66.4 Å². The number of piperidine rings is 1. The highest BCUT2D eigenvalue weighted by molar-refractivity contribution is 7.89. The second-order valence-corrected chi connectivity index (χ2v) is 13.2. The van der Waals surface area contributed by atoms with E-state index in [2.05, 4.69) is 69.3 Å². The third-order valence-electron chi connectivity index (χ3n) is 7.75.